The molecule has 4 rings (SSSR count). The van der Waals surface area contributed by atoms with Crippen molar-refractivity contribution in [3.05, 3.63) is 27.7 Å². The van der Waals surface area contributed by atoms with Crippen molar-refractivity contribution < 1.29 is 19.0 Å². The van der Waals surface area contributed by atoms with Crippen molar-refractivity contribution in [1.82, 2.24) is 4.90 Å². The minimum atomic E-state index is -0.255. The molecule has 160 valence electrons. The van der Waals surface area contributed by atoms with Crippen molar-refractivity contribution in [2.45, 2.75) is 76.0 Å². The summed E-state index contributed by atoms with van der Waals surface area (Å²) in [5.41, 5.74) is 2.60. The first kappa shape index (κ1) is 21.1. The van der Waals surface area contributed by atoms with Crippen LogP contribution in [0.2, 0.25) is 0 Å². The minimum Gasteiger partial charge on any atom is -0.492 e. The molecule has 0 N–H and O–H groups in total. The van der Waals surface area contributed by atoms with E-state index in [9.17, 15) is 4.79 Å². The van der Waals surface area contributed by atoms with Crippen molar-refractivity contribution in [2.24, 2.45) is 0 Å². The molecule has 1 aromatic rings. The SMILES string of the molecule is COCCCOc1cc2c(cc1Br)CCC[C@H]2N(C(=O)[C@H]1CCCCO1)C1CC1. The van der Waals surface area contributed by atoms with E-state index in [-0.39, 0.29) is 18.1 Å². The molecular weight excluding hydrogens is 434 g/mol. The van der Waals surface area contributed by atoms with Crippen LogP contribution in [0.25, 0.3) is 0 Å². The Morgan fingerprint density at radius 3 is 2.76 bits per heavy atom. The van der Waals surface area contributed by atoms with Gasteiger partial charge in [-0.2, -0.15) is 0 Å². The number of carbonyl (C=O) groups excluding carboxylic acids is 1. The Bertz CT molecular complexity index is 715. The van der Waals surface area contributed by atoms with E-state index in [1.807, 2.05) is 0 Å². The number of rotatable bonds is 8. The number of benzene rings is 1. The van der Waals surface area contributed by atoms with E-state index >= 15 is 0 Å². The van der Waals surface area contributed by atoms with Crippen LogP contribution < -0.4 is 4.74 Å². The van der Waals surface area contributed by atoms with Gasteiger partial charge in [-0.25, -0.2) is 0 Å². The Balaban J connectivity index is 1.57. The van der Waals surface area contributed by atoms with Gasteiger partial charge in [0, 0.05) is 32.8 Å². The van der Waals surface area contributed by atoms with Crippen molar-refractivity contribution in [3.8, 4) is 5.75 Å². The third-order valence-electron chi connectivity index (χ3n) is 6.21. The van der Waals surface area contributed by atoms with Gasteiger partial charge < -0.3 is 19.1 Å². The number of carbonyl (C=O) groups is 1. The molecule has 5 nitrogen and oxygen atoms in total. The number of hydrogen-bond donors (Lipinski definition) is 0. The summed E-state index contributed by atoms with van der Waals surface area (Å²) < 4.78 is 18.0. The average molecular weight is 466 g/mol. The molecular formula is C23H32BrNO4. The van der Waals surface area contributed by atoms with Gasteiger partial charge in [0.1, 0.15) is 11.9 Å². The highest BCUT2D eigenvalue weighted by molar-refractivity contribution is 9.10. The standard InChI is InChI=1S/C23H32BrNO4/c1-27-11-5-13-29-22-15-18-16(14-19(22)24)6-4-7-20(18)25(17-9-10-17)23(26)21-8-2-3-12-28-21/h14-15,17,20-21H,2-13H2,1H3/t20-,21-/m1/s1. The maximum absolute atomic E-state index is 13.4. The molecule has 2 atom stereocenters. The van der Waals surface area contributed by atoms with E-state index in [0.717, 1.165) is 68.0 Å². The maximum Gasteiger partial charge on any atom is 0.252 e. The zero-order valence-electron chi connectivity index (χ0n) is 17.3. The van der Waals surface area contributed by atoms with Crippen LogP contribution in [0.15, 0.2) is 16.6 Å². The molecule has 0 spiro atoms. The first-order valence-corrected chi connectivity index (χ1v) is 11.9. The van der Waals surface area contributed by atoms with Gasteiger partial charge in [0.2, 0.25) is 0 Å². The first-order chi connectivity index (χ1) is 14.2. The van der Waals surface area contributed by atoms with Crippen LogP contribution >= 0.6 is 15.9 Å². The molecule has 0 unspecified atom stereocenters. The summed E-state index contributed by atoms with van der Waals surface area (Å²) in [5.74, 6) is 1.07. The molecule has 3 aliphatic rings. The van der Waals surface area contributed by atoms with Crippen molar-refractivity contribution in [3.63, 3.8) is 0 Å². The fraction of sp³-hybridized carbons (Fsp3) is 0.696. The van der Waals surface area contributed by atoms with Crippen LogP contribution in [-0.2, 0) is 20.7 Å². The van der Waals surface area contributed by atoms with Crippen LogP contribution in [-0.4, -0.2) is 49.9 Å². The Morgan fingerprint density at radius 1 is 1.17 bits per heavy atom. The van der Waals surface area contributed by atoms with Gasteiger partial charge in [-0.3, -0.25) is 4.79 Å². The fourth-order valence-corrected chi connectivity index (χ4v) is 5.11. The molecule has 0 radical (unpaired) electrons. The van der Waals surface area contributed by atoms with Gasteiger partial charge in [0.25, 0.3) is 5.91 Å². The Morgan fingerprint density at radius 2 is 2.03 bits per heavy atom. The molecule has 0 bridgehead atoms. The number of fused-ring (bicyclic) bond motifs is 1. The molecule has 1 saturated carbocycles. The zero-order valence-corrected chi connectivity index (χ0v) is 18.9. The summed E-state index contributed by atoms with van der Waals surface area (Å²) in [5, 5.41) is 0. The number of methoxy groups -OCH3 is 1. The lowest BCUT2D eigenvalue weighted by Gasteiger charge is -2.39. The van der Waals surface area contributed by atoms with Gasteiger partial charge in [-0.15, -0.1) is 0 Å². The number of halogens is 1. The Kier molecular flexibility index (Phi) is 7.14. The molecule has 6 heteroatoms. The van der Waals surface area contributed by atoms with E-state index in [1.54, 1.807) is 7.11 Å². The molecule has 2 aliphatic carbocycles. The number of aryl methyl sites for hydroxylation is 1. The van der Waals surface area contributed by atoms with Crippen LogP contribution in [0.4, 0.5) is 0 Å². The maximum atomic E-state index is 13.4. The summed E-state index contributed by atoms with van der Waals surface area (Å²) >= 11 is 3.68. The number of nitrogens with zero attached hydrogens (tertiary/aromatic N) is 1. The minimum absolute atomic E-state index is 0.138. The highest BCUT2D eigenvalue weighted by Crippen LogP contribution is 2.44. The highest BCUT2D eigenvalue weighted by Gasteiger charge is 2.42. The monoisotopic (exact) mass is 465 g/mol. The third-order valence-corrected chi connectivity index (χ3v) is 6.83. The van der Waals surface area contributed by atoms with Gasteiger partial charge in [0.15, 0.2) is 0 Å². The van der Waals surface area contributed by atoms with Crippen LogP contribution in [0, 0.1) is 0 Å². The molecule has 0 aromatic heterocycles. The van der Waals surface area contributed by atoms with E-state index < -0.39 is 0 Å². The molecule has 1 aliphatic heterocycles. The second-order valence-electron chi connectivity index (χ2n) is 8.42. The van der Waals surface area contributed by atoms with Gasteiger partial charge >= 0.3 is 0 Å². The molecule has 1 heterocycles. The normalized spacial score (nSPS) is 24.1. The van der Waals surface area contributed by atoms with Crippen LogP contribution in [0.1, 0.15) is 68.5 Å². The largest absolute Gasteiger partial charge is 0.492 e. The Hall–Kier alpha value is -1.11. The summed E-state index contributed by atoms with van der Waals surface area (Å²) in [4.78, 5) is 15.6. The molecule has 2 fully saturated rings. The molecule has 1 aromatic carbocycles. The second-order valence-corrected chi connectivity index (χ2v) is 9.27. The van der Waals surface area contributed by atoms with Gasteiger partial charge in [-0.1, -0.05) is 0 Å². The first-order valence-electron chi connectivity index (χ1n) is 11.1. The quantitative estimate of drug-likeness (QED) is 0.517. The third kappa shape index (κ3) is 4.97. The van der Waals surface area contributed by atoms with Crippen molar-refractivity contribution in [1.29, 1.82) is 0 Å². The summed E-state index contributed by atoms with van der Waals surface area (Å²) in [6.07, 6.45) is 9.02. The van der Waals surface area contributed by atoms with E-state index in [0.29, 0.717) is 25.9 Å². The lowest BCUT2D eigenvalue weighted by Crippen LogP contribution is -2.45. The summed E-state index contributed by atoms with van der Waals surface area (Å²) in [6.45, 7) is 2.02. The number of hydrogen-bond acceptors (Lipinski definition) is 4. The average Bonchev–Trinajstić information content (AvgIpc) is 3.57. The predicted octanol–water partition coefficient (Wildman–Crippen LogP) is 4.80. The second kappa shape index (κ2) is 9.80. The fourth-order valence-electron chi connectivity index (χ4n) is 4.61. The van der Waals surface area contributed by atoms with E-state index in [4.69, 9.17) is 14.2 Å². The molecule has 1 amide bonds. The summed E-state index contributed by atoms with van der Waals surface area (Å²) in [6, 6.07) is 4.87. The van der Waals surface area contributed by atoms with Crippen molar-refractivity contribution in [2.75, 3.05) is 26.9 Å². The van der Waals surface area contributed by atoms with Gasteiger partial charge in [0.05, 0.1) is 17.1 Å². The zero-order chi connectivity index (χ0) is 20.2. The smallest absolute Gasteiger partial charge is 0.252 e. The predicted molar refractivity (Wildman–Crippen MR) is 115 cm³/mol. The Labute approximate surface area is 182 Å². The summed E-state index contributed by atoms with van der Waals surface area (Å²) in [7, 11) is 1.71. The van der Waals surface area contributed by atoms with Gasteiger partial charge in [-0.05, 0) is 90.6 Å². The number of ether oxygens (including phenoxy) is 3. The van der Waals surface area contributed by atoms with Crippen LogP contribution in [0.3, 0.4) is 0 Å². The van der Waals surface area contributed by atoms with Crippen molar-refractivity contribution >= 4 is 21.8 Å². The lowest BCUT2D eigenvalue weighted by molar-refractivity contribution is -0.150. The van der Waals surface area contributed by atoms with Crippen LogP contribution in [0.5, 0.6) is 5.75 Å². The highest BCUT2D eigenvalue weighted by atomic mass is 79.9. The van der Waals surface area contributed by atoms with E-state index in [1.165, 1.54) is 11.1 Å². The number of amides is 1. The van der Waals surface area contributed by atoms with E-state index in [2.05, 4.69) is 33.0 Å². The molecule has 1 saturated heterocycles. The lowest BCUT2D eigenvalue weighted by atomic mass is 9.86. The molecule has 29 heavy (non-hydrogen) atoms. The topological polar surface area (TPSA) is 48.0 Å².